The fraction of sp³-hybridized carbons (Fsp3) is 0.300. The summed E-state index contributed by atoms with van der Waals surface area (Å²) < 4.78 is 24.5. The van der Waals surface area contributed by atoms with E-state index < -0.39 is 25.5 Å². The molecule has 8 heteroatoms. The van der Waals surface area contributed by atoms with E-state index in [1.54, 1.807) is 0 Å². The molecule has 5 N–H and O–H groups in total. The number of halogens is 1. The lowest BCUT2D eigenvalue weighted by Gasteiger charge is -2.16. The van der Waals surface area contributed by atoms with Crippen LogP contribution in [0.1, 0.15) is 17.0 Å². The molecule has 0 amide bonds. The molecule has 2 atom stereocenters. The Balaban J connectivity index is 3.07. The van der Waals surface area contributed by atoms with Gasteiger partial charge < -0.3 is 20.6 Å². The summed E-state index contributed by atoms with van der Waals surface area (Å²) in [5.74, 6) is -3.74. The van der Waals surface area contributed by atoms with Gasteiger partial charge in [-0.15, -0.1) is 0 Å². The molecule has 2 unspecified atom stereocenters. The number of carbonyl (C=O) groups is 1. The summed E-state index contributed by atoms with van der Waals surface area (Å²) in [6.45, 7) is 0. The normalized spacial score (nSPS) is 15.1. The van der Waals surface area contributed by atoms with Crippen LogP contribution in [0.3, 0.4) is 0 Å². The molecule has 18 heavy (non-hydrogen) atoms. The number of nitrogens with two attached hydrogens (primary N) is 1. The summed E-state index contributed by atoms with van der Waals surface area (Å²) in [4.78, 5) is 28.2. The van der Waals surface area contributed by atoms with Crippen molar-refractivity contribution in [1.29, 1.82) is 0 Å². The molecular weight excluding hydrogens is 264 g/mol. The second-order valence-electron chi connectivity index (χ2n) is 3.77. The van der Waals surface area contributed by atoms with Crippen LogP contribution in [0.5, 0.6) is 0 Å². The van der Waals surface area contributed by atoms with Gasteiger partial charge in [-0.2, -0.15) is 0 Å². The molecule has 0 aromatic heterocycles. The van der Waals surface area contributed by atoms with Crippen LogP contribution in [0.15, 0.2) is 24.3 Å². The third kappa shape index (κ3) is 3.61. The van der Waals surface area contributed by atoms with Gasteiger partial charge in [-0.1, -0.05) is 24.3 Å². The van der Waals surface area contributed by atoms with Gasteiger partial charge in [-0.05, 0) is 12.0 Å². The largest absolute Gasteiger partial charge is 0.480 e. The minimum atomic E-state index is -4.93. The first-order chi connectivity index (χ1) is 8.23. The molecule has 0 aliphatic heterocycles. The van der Waals surface area contributed by atoms with Gasteiger partial charge in [0.25, 0.3) is 0 Å². The fourth-order valence-corrected chi connectivity index (χ4v) is 2.07. The molecule has 0 aliphatic rings. The van der Waals surface area contributed by atoms with E-state index in [0.29, 0.717) is 0 Å². The van der Waals surface area contributed by atoms with E-state index in [0.717, 1.165) is 0 Å². The molecule has 0 fully saturated rings. The quantitative estimate of drug-likeness (QED) is 0.590. The van der Waals surface area contributed by atoms with Crippen molar-refractivity contribution in [2.45, 2.75) is 18.4 Å². The Hall–Kier alpha value is -1.27. The third-order valence-corrected chi connectivity index (χ3v) is 3.23. The van der Waals surface area contributed by atoms with Crippen LogP contribution in [0.4, 0.5) is 4.39 Å². The van der Waals surface area contributed by atoms with Gasteiger partial charge >= 0.3 is 13.6 Å². The van der Waals surface area contributed by atoms with E-state index in [1.165, 1.54) is 24.3 Å². The van der Waals surface area contributed by atoms with Gasteiger partial charge in [-0.25, -0.2) is 4.39 Å². The second kappa shape index (κ2) is 5.58. The Morgan fingerprint density at radius 1 is 1.39 bits per heavy atom. The van der Waals surface area contributed by atoms with Gasteiger partial charge in [0, 0.05) is 5.56 Å². The molecule has 1 rings (SSSR count). The maximum absolute atomic E-state index is 13.6. The van der Waals surface area contributed by atoms with Gasteiger partial charge in [-0.3, -0.25) is 9.36 Å². The highest BCUT2D eigenvalue weighted by atomic mass is 31.2. The predicted molar refractivity (Wildman–Crippen MR) is 61.7 cm³/mol. The maximum Gasteiger partial charge on any atom is 0.364 e. The van der Waals surface area contributed by atoms with Crippen LogP contribution in [-0.2, 0) is 15.8 Å². The number of hydrogen-bond donors (Lipinski definition) is 4. The van der Waals surface area contributed by atoms with Crippen LogP contribution >= 0.6 is 7.60 Å². The summed E-state index contributed by atoms with van der Waals surface area (Å²) in [6, 6.07) is 4.26. The molecule has 0 spiro atoms. The lowest BCUT2D eigenvalue weighted by molar-refractivity contribution is -0.138. The second-order valence-corrected chi connectivity index (χ2v) is 5.40. The fourth-order valence-electron chi connectivity index (χ4n) is 1.46. The van der Waals surface area contributed by atoms with Gasteiger partial charge in [0.05, 0.1) is 0 Å². The number of carboxylic acids is 1. The van der Waals surface area contributed by atoms with Crippen LogP contribution in [0.2, 0.25) is 0 Å². The van der Waals surface area contributed by atoms with Gasteiger partial charge in [0.15, 0.2) is 0 Å². The molecule has 0 heterocycles. The molecule has 0 aliphatic carbocycles. The minimum Gasteiger partial charge on any atom is -0.480 e. The Morgan fingerprint density at radius 2 is 1.94 bits per heavy atom. The van der Waals surface area contributed by atoms with E-state index in [1.807, 2.05) is 0 Å². The van der Waals surface area contributed by atoms with Crippen molar-refractivity contribution in [3.05, 3.63) is 35.4 Å². The third-order valence-electron chi connectivity index (χ3n) is 2.36. The Morgan fingerprint density at radius 3 is 2.44 bits per heavy atom. The van der Waals surface area contributed by atoms with Crippen LogP contribution in [-0.4, -0.2) is 26.9 Å². The van der Waals surface area contributed by atoms with Crippen molar-refractivity contribution in [2.24, 2.45) is 5.73 Å². The minimum absolute atomic E-state index is 0.170. The highest BCUT2D eigenvalue weighted by Crippen LogP contribution is 2.53. The molecule has 0 saturated carbocycles. The lowest BCUT2D eigenvalue weighted by atomic mass is 10.0. The van der Waals surface area contributed by atoms with Crippen LogP contribution < -0.4 is 5.73 Å². The van der Waals surface area contributed by atoms with Gasteiger partial charge in [0.2, 0.25) is 5.91 Å². The van der Waals surface area contributed by atoms with E-state index >= 15 is 0 Å². The van der Waals surface area contributed by atoms with E-state index in [-0.39, 0.29) is 17.5 Å². The zero-order chi connectivity index (χ0) is 13.9. The van der Waals surface area contributed by atoms with Gasteiger partial charge in [0.1, 0.15) is 6.04 Å². The van der Waals surface area contributed by atoms with Crippen molar-refractivity contribution < 1.29 is 28.6 Å². The van der Waals surface area contributed by atoms with Crippen LogP contribution in [0.25, 0.3) is 0 Å². The number of rotatable bonds is 5. The molecule has 0 saturated heterocycles. The first-order valence-corrected chi connectivity index (χ1v) is 6.67. The number of benzene rings is 1. The van der Waals surface area contributed by atoms with E-state index in [2.05, 4.69) is 0 Å². The van der Waals surface area contributed by atoms with Crippen molar-refractivity contribution in [1.82, 2.24) is 0 Å². The number of alkyl halides is 1. The SMILES string of the molecule is NC(Cc1ccccc1C(F)P(=O)(O)O)C(=O)O. The highest BCUT2D eigenvalue weighted by molar-refractivity contribution is 7.51. The Labute approximate surface area is 102 Å². The average molecular weight is 277 g/mol. The molecule has 1 aromatic rings. The molecule has 6 nitrogen and oxygen atoms in total. The molecule has 0 radical (unpaired) electrons. The summed E-state index contributed by atoms with van der Waals surface area (Å²) in [7, 11) is -4.93. The predicted octanol–water partition coefficient (Wildman–Crippen LogP) is 0.787. The first-order valence-electron chi connectivity index (χ1n) is 4.99. The van der Waals surface area contributed by atoms with Crippen molar-refractivity contribution in [3.8, 4) is 0 Å². The zero-order valence-electron chi connectivity index (χ0n) is 9.23. The molecule has 1 aromatic carbocycles. The smallest absolute Gasteiger partial charge is 0.364 e. The number of aliphatic carboxylic acids is 1. The lowest BCUT2D eigenvalue weighted by Crippen LogP contribution is -2.32. The maximum atomic E-state index is 13.6. The van der Waals surface area contributed by atoms with Crippen molar-refractivity contribution >= 4 is 13.6 Å². The first kappa shape index (κ1) is 14.8. The molecule has 0 bridgehead atoms. The summed E-state index contributed by atoms with van der Waals surface area (Å²) >= 11 is 0. The number of carboxylic acid groups (broad SMARTS) is 1. The standard InChI is InChI=1S/C10H13FNO5P/c11-9(18(15,16)17)7-4-2-1-3-6(7)5-8(12)10(13)14/h1-4,8-9H,5,12H2,(H,13,14)(H2,15,16,17). The summed E-state index contributed by atoms with van der Waals surface area (Å²) in [5.41, 5.74) is 5.25. The Kier molecular flexibility index (Phi) is 4.59. The van der Waals surface area contributed by atoms with Crippen LogP contribution in [0, 0.1) is 0 Å². The van der Waals surface area contributed by atoms with Crippen molar-refractivity contribution in [2.75, 3.05) is 0 Å². The average Bonchev–Trinajstić information content (AvgIpc) is 2.27. The monoisotopic (exact) mass is 277 g/mol. The molecular formula is C10H13FNO5P. The number of hydrogen-bond acceptors (Lipinski definition) is 3. The van der Waals surface area contributed by atoms with Crippen molar-refractivity contribution in [3.63, 3.8) is 0 Å². The summed E-state index contributed by atoms with van der Waals surface area (Å²) in [6.07, 6.45) is -0.202. The molecule has 100 valence electrons. The summed E-state index contributed by atoms with van der Waals surface area (Å²) in [5, 5.41) is 8.66. The highest BCUT2D eigenvalue weighted by Gasteiger charge is 2.32. The zero-order valence-corrected chi connectivity index (χ0v) is 10.1. The van der Waals surface area contributed by atoms with E-state index in [4.69, 9.17) is 20.6 Å². The van der Waals surface area contributed by atoms with E-state index in [9.17, 15) is 13.8 Å². The Bertz CT molecular complexity index is 489. The topological polar surface area (TPSA) is 121 Å².